The molecule has 37 heavy (non-hydrogen) atoms. The SMILES string of the molecule is CC(C)c1nc(C(=O)N2CCOC3(CCN(Cc4ccc(F)c(C=CCOC(C)(C)C)c4)CC3)C2)cs1. The molecule has 1 aromatic carbocycles. The van der Waals surface area contributed by atoms with Crippen LogP contribution in [0.4, 0.5) is 4.39 Å². The lowest BCUT2D eigenvalue weighted by Gasteiger charge is -2.47. The number of ether oxygens (including phenoxy) is 2. The molecule has 2 fully saturated rings. The highest BCUT2D eigenvalue weighted by molar-refractivity contribution is 7.09. The summed E-state index contributed by atoms with van der Waals surface area (Å²) in [5.74, 6) is 0.102. The van der Waals surface area contributed by atoms with Gasteiger partial charge in [-0.25, -0.2) is 9.37 Å². The van der Waals surface area contributed by atoms with Crippen molar-refractivity contribution in [1.82, 2.24) is 14.8 Å². The van der Waals surface area contributed by atoms with Crippen molar-refractivity contribution in [3.05, 3.63) is 57.3 Å². The molecule has 0 bridgehead atoms. The normalized spacial score (nSPS) is 18.8. The van der Waals surface area contributed by atoms with Crippen molar-refractivity contribution in [3.8, 4) is 0 Å². The van der Waals surface area contributed by atoms with Crippen LogP contribution in [-0.2, 0) is 16.0 Å². The number of amides is 1. The second kappa shape index (κ2) is 11.7. The van der Waals surface area contributed by atoms with E-state index in [0.717, 1.165) is 43.0 Å². The summed E-state index contributed by atoms with van der Waals surface area (Å²) >= 11 is 1.56. The van der Waals surface area contributed by atoms with Gasteiger partial charge in [0.05, 0.1) is 36.0 Å². The molecule has 2 saturated heterocycles. The van der Waals surface area contributed by atoms with Crippen molar-refractivity contribution < 1.29 is 18.7 Å². The number of likely N-dealkylation sites (tertiary alicyclic amines) is 1. The van der Waals surface area contributed by atoms with Crippen LogP contribution >= 0.6 is 11.3 Å². The number of rotatable bonds is 7. The van der Waals surface area contributed by atoms with Crippen molar-refractivity contribution in [2.24, 2.45) is 0 Å². The molecule has 0 radical (unpaired) electrons. The van der Waals surface area contributed by atoms with Crippen LogP contribution < -0.4 is 0 Å². The molecule has 8 heteroatoms. The molecule has 3 heterocycles. The van der Waals surface area contributed by atoms with Gasteiger partial charge in [-0.2, -0.15) is 0 Å². The Kier molecular flexibility index (Phi) is 8.84. The van der Waals surface area contributed by atoms with Crippen LogP contribution in [0.15, 0.2) is 29.7 Å². The first-order valence-electron chi connectivity index (χ1n) is 13.2. The van der Waals surface area contributed by atoms with Gasteiger partial charge in [-0.05, 0) is 51.3 Å². The standard InChI is InChI=1S/C29H40FN3O3S/c1-21(2)26-31-25(19-37-26)27(34)33-14-16-36-29(20-33)10-12-32(13-11-29)18-22-8-9-24(30)23(17-22)7-6-15-35-28(3,4)5/h6-9,17,19,21H,10-16,18,20H2,1-5H3. The Morgan fingerprint density at radius 3 is 2.70 bits per heavy atom. The fraction of sp³-hybridized carbons (Fsp3) is 0.586. The third-order valence-corrected chi connectivity index (χ3v) is 8.06. The van der Waals surface area contributed by atoms with Crippen molar-refractivity contribution in [3.63, 3.8) is 0 Å². The van der Waals surface area contributed by atoms with E-state index in [-0.39, 0.29) is 22.9 Å². The number of thiazole rings is 1. The first kappa shape index (κ1) is 27.9. The monoisotopic (exact) mass is 529 g/mol. The molecule has 2 aliphatic heterocycles. The van der Waals surface area contributed by atoms with E-state index in [9.17, 15) is 9.18 Å². The van der Waals surface area contributed by atoms with Gasteiger partial charge in [-0.15, -0.1) is 11.3 Å². The summed E-state index contributed by atoms with van der Waals surface area (Å²) in [6.07, 6.45) is 5.39. The van der Waals surface area contributed by atoms with Crippen LogP contribution in [-0.4, -0.2) is 71.3 Å². The van der Waals surface area contributed by atoms with E-state index in [1.54, 1.807) is 23.5 Å². The Balaban J connectivity index is 1.32. The summed E-state index contributed by atoms with van der Waals surface area (Å²) in [4.78, 5) is 22.0. The number of morpholine rings is 1. The third kappa shape index (κ3) is 7.47. The van der Waals surface area contributed by atoms with E-state index in [0.29, 0.717) is 43.5 Å². The summed E-state index contributed by atoms with van der Waals surface area (Å²) < 4.78 is 26.3. The van der Waals surface area contributed by atoms with Crippen molar-refractivity contribution >= 4 is 23.3 Å². The maximum Gasteiger partial charge on any atom is 0.273 e. The van der Waals surface area contributed by atoms with E-state index in [4.69, 9.17) is 9.47 Å². The molecule has 0 aliphatic carbocycles. The summed E-state index contributed by atoms with van der Waals surface area (Å²) in [5.41, 5.74) is 1.69. The van der Waals surface area contributed by atoms with Gasteiger partial charge in [-0.1, -0.05) is 32.1 Å². The number of aromatic nitrogens is 1. The quantitative estimate of drug-likeness (QED) is 0.458. The van der Waals surface area contributed by atoms with Gasteiger partial charge in [0.25, 0.3) is 5.91 Å². The number of benzene rings is 1. The second-order valence-corrected chi connectivity index (χ2v) is 12.3. The van der Waals surface area contributed by atoms with E-state index in [2.05, 4.69) is 23.7 Å². The molecule has 2 aliphatic rings. The van der Waals surface area contributed by atoms with Gasteiger partial charge in [0, 0.05) is 43.0 Å². The highest BCUT2D eigenvalue weighted by atomic mass is 32.1. The van der Waals surface area contributed by atoms with Crippen LogP contribution in [0.3, 0.4) is 0 Å². The van der Waals surface area contributed by atoms with Gasteiger partial charge in [0.15, 0.2) is 0 Å². The van der Waals surface area contributed by atoms with Crippen LogP contribution in [0.5, 0.6) is 0 Å². The van der Waals surface area contributed by atoms with Gasteiger partial charge in [0.2, 0.25) is 0 Å². The number of piperidine rings is 1. The van der Waals surface area contributed by atoms with E-state index < -0.39 is 0 Å². The zero-order chi connectivity index (χ0) is 26.6. The minimum atomic E-state index is -0.301. The van der Waals surface area contributed by atoms with E-state index in [1.165, 1.54) is 0 Å². The van der Waals surface area contributed by atoms with Crippen LogP contribution in [0.25, 0.3) is 6.08 Å². The maximum atomic E-state index is 14.4. The van der Waals surface area contributed by atoms with Crippen LogP contribution in [0.1, 0.15) is 80.0 Å². The number of hydrogen-bond donors (Lipinski definition) is 0. The molecule has 0 N–H and O–H groups in total. The van der Waals surface area contributed by atoms with E-state index >= 15 is 0 Å². The average Bonchev–Trinajstić information content (AvgIpc) is 3.35. The zero-order valence-electron chi connectivity index (χ0n) is 22.8. The van der Waals surface area contributed by atoms with Gasteiger partial charge < -0.3 is 14.4 Å². The number of carbonyl (C=O) groups excluding carboxylic acids is 1. The lowest BCUT2D eigenvalue weighted by Crippen LogP contribution is -2.58. The fourth-order valence-corrected chi connectivity index (χ4v) is 5.61. The summed E-state index contributed by atoms with van der Waals surface area (Å²) in [6.45, 7) is 14.9. The van der Waals surface area contributed by atoms with Gasteiger partial charge >= 0.3 is 0 Å². The molecule has 4 rings (SSSR count). The van der Waals surface area contributed by atoms with Crippen molar-refractivity contribution in [2.45, 2.75) is 71.1 Å². The minimum Gasteiger partial charge on any atom is -0.372 e. The lowest BCUT2D eigenvalue weighted by atomic mass is 9.89. The molecule has 202 valence electrons. The highest BCUT2D eigenvalue weighted by Crippen LogP contribution is 2.32. The topological polar surface area (TPSA) is 54.9 Å². The predicted molar refractivity (Wildman–Crippen MR) is 146 cm³/mol. The third-order valence-electron chi connectivity index (χ3n) is 6.91. The number of nitrogens with zero attached hydrogens (tertiary/aromatic N) is 3. The van der Waals surface area contributed by atoms with Crippen molar-refractivity contribution in [2.75, 3.05) is 39.4 Å². The molecule has 0 saturated carbocycles. The highest BCUT2D eigenvalue weighted by Gasteiger charge is 2.41. The molecule has 6 nitrogen and oxygen atoms in total. The zero-order valence-corrected chi connectivity index (χ0v) is 23.6. The Labute approximate surface area is 224 Å². The first-order valence-corrected chi connectivity index (χ1v) is 14.1. The Morgan fingerprint density at radius 2 is 2.03 bits per heavy atom. The number of hydrogen-bond acceptors (Lipinski definition) is 6. The smallest absolute Gasteiger partial charge is 0.273 e. The Hall–Kier alpha value is -2.13. The van der Waals surface area contributed by atoms with Gasteiger partial charge in [-0.3, -0.25) is 9.69 Å². The first-order chi connectivity index (χ1) is 17.5. The van der Waals surface area contributed by atoms with Crippen LogP contribution in [0, 0.1) is 5.82 Å². The maximum absolute atomic E-state index is 14.4. The Bertz CT molecular complexity index is 1100. The summed E-state index contributed by atoms with van der Waals surface area (Å²) in [5, 5.41) is 2.88. The molecule has 1 aromatic heterocycles. The van der Waals surface area contributed by atoms with E-state index in [1.807, 2.05) is 49.3 Å². The largest absolute Gasteiger partial charge is 0.372 e. The molecule has 0 atom stereocenters. The predicted octanol–water partition coefficient (Wildman–Crippen LogP) is 5.74. The Morgan fingerprint density at radius 1 is 1.27 bits per heavy atom. The lowest BCUT2D eigenvalue weighted by molar-refractivity contribution is -0.128. The van der Waals surface area contributed by atoms with Crippen molar-refractivity contribution in [1.29, 1.82) is 0 Å². The molecule has 0 unspecified atom stereocenters. The van der Waals surface area contributed by atoms with Crippen LogP contribution in [0.2, 0.25) is 0 Å². The average molecular weight is 530 g/mol. The number of carbonyl (C=O) groups is 1. The molecule has 1 amide bonds. The molecular formula is C29H40FN3O3S. The molecule has 2 aromatic rings. The fourth-order valence-electron chi connectivity index (χ4n) is 4.80. The molecule has 1 spiro atoms. The second-order valence-electron chi connectivity index (χ2n) is 11.4. The number of halogens is 1. The minimum absolute atomic E-state index is 0.00745. The summed E-state index contributed by atoms with van der Waals surface area (Å²) in [6, 6.07) is 5.32. The molecular weight excluding hydrogens is 489 g/mol. The summed E-state index contributed by atoms with van der Waals surface area (Å²) in [7, 11) is 0. The van der Waals surface area contributed by atoms with Gasteiger partial charge in [0.1, 0.15) is 11.5 Å².